The molecule has 1 atom stereocenters. The summed E-state index contributed by atoms with van der Waals surface area (Å²) >= 11 is 0. The molecule has 1 heterocycles. The van der Waals surface area contributed by atoms with E-state index in [-0.39, 0.29) is 18.4 Å². The van der Waals surface area contributed by atoms with Crippen LogP contribution in [0.4, 0.5) is 0 Å². The van der Waals surface area contributed by atoms with Crippen LogP contribution in [0.1, 0.15) is 57.8 Å². The van der Waals surface area contributed by atoms with E-state index in [1.54, 1.807) is 0 Å². The van der Waals surface area contributed by atoms with Crippen LogP contribution in [0, 0.1) is 0 Å². The molecule has 1 saturated heterocycles. The molecule has 5 heteroatoms. The van der Waals surface area contributed by atoms with Crippen LogP contribution >= 0.6 is 0 Å². The van der Waals surface area contributed by atoms with Gasteiger partial charge in [-0.05, 0) is 32.1 Å². The van der Waals surface area contributed by atoms with E-state index in [0.29, 0.717) is 13.0 Å². The zero-order chi connectivity index (χ0) is 13.9. The SMILES string of the molecule is O=C(O)CCCCCCNC(=O)CCC1CCCO1. The molecule has 1 aliphatic rings. The topological polar surface area (TPSA) is 75.6 Å². The van der Waals surface area contributed by atoms with E-state index in [4.69, 9.17) is 9.84 Å². The van der Waals surface area contributed by atoms with Crippen molar-refractivity contribution in [3.05, 3.63) is 0 Å². The maximum Gasteiger partial charge on any atom is 0.303 e. The number of amides is 1. The molecule has 2 N–H and O–H groups in total. The summed E-state index contributed by atoms with van der Waals surface area (Å²) in [6, 6.07) is 0. The fourth-order valence-electron chi connectivity index (χ4n) is 2.24. The van der Waals surface area contributed by atoms with Crippen LogP contribution in [0.5, 0.6) is 0 Å². The predicted molar refractivity (Wildman–Crippen MR) is 71.9 cm³/mol. The van der Waals surface area contributed by atoms with Gasteiger partial charge >= 0.3 is 5.97 Å². The van der Waals surface area contributed by atoms with Gasteiger partial charge in [0.25, 0.3) is 0 Å². The lowest BCUT2D eigenvalue weighted by molar-refractivity contribution is -0.137. The van der Waals surface area contributed by atoms with Crippen molar-refractivity contribution in [2.24, 2.45) is 0 Å². The second kappa shape index (κ2) is 9.78. The number of aliphatic carboxylic acids is 1. The van der Waals surface area contributed by atoms with Crippen molar-refractivity contribution >= 4 is 11.9 Å². The van der Waals surface area contributed by atoms with E-state index < -0.39 is 5.97 Å². The summed E-state index contributed by atoms with van der Waals surface area (Å²) in [6.07, 6.45) is 7.62. The number of hydrogen-bond donors (Lipinski definition) is 2. The van der Waals surface area contributed by atoms with Gasteiger partial charge in [-0.15, -0.1) is 0 Å². The number of ether oxygens (including phenoxy) is 1. The lowest BCUT2D eigenvalue weighted by atomic mass is 10.1. The van der Waals surface area contributed by atoms with Crippen LogP contribution in [0.3, 0.4) is 0 Å². The van der Waals surface area contributed by atoms with Crippen LogP contribution in [0.25, 0.3) is 0 Å². The number of carboxylic acid groups (broad SMARTS) is 1. The molecule has 1 aliphatic heterocycles. The molecule has 0 aromatic heterocycles. The van der Waals surface area contributed by atoms with Crippen molar-refractivity contribution < 1.29 is 19.4 Å². The number of nitrogens with one attached hydrogen (secondary N) is 1. The Hall–Kier alpha value is -1.10. The third-order valence-electron chi connectivity index (χ3n) is 3.36. The number of rotatable bonds is 10. The first-order chi connectivity index (χ1) is 9.18. The Kier molecular flexibility index (Phi) is 8.21. The van der Waals surface area contributed by atoms with Gasteiger partial charge in [0.2, 0.25) is 5.91 Å². The fourth-order valence-corrected chi connectivity index (χ4v) is 2.24. The predicted octanol–water partition coefficient (Wildman–Crippen LogP) is 2.10. The van der Waals surface area contributed by atoms with Gasteiger partial charge in [-0.1, -0.05) is 12.8 Å². The van der Waals surface area contributed by atoms with Gasteiger partial charge in [0.05, 0.1) is 6.10 Å². The highest BCUT2D eigenvalue weighted by Gasteiger charge is 2.16. The third kappa shape index (κ3) is 8.59. The summed E-state index contributed by atoms with van der Waals surface area (Å²) in [5.74, 6) is -0.636. The first-order valence-electron chi connectivity index (χ1n) is 7.28. The van der Waals surface area contributed by atoms with Crippen molar-refractivity contribution in [2.45, 2.75) is 63.9 Å². The molecule has 1 fully saturated rings. The summed E-state index contributed by atoms with van der Waals surface area (Å²) in [5, 5.41) is 11.4. The monoisotopic (exact) mass is 271 g/mol. The summed E-state index contributed by atoms with van der Waals surface area (Å²) < 4.78 is 5.46. The van der Waals surface area contributed by atoms with Gasteiger partial charge in [0, 0.05) is 26.0 Å². The van der Waals surface area contributed by atoms with Crippen molar-refractivity contribution in [1.82, 2.24) is 5.32 Å². The largest absolute Gasteiger partial charge is 0.481 e. The molecule has 110 valence electrons. The average Bonchev–Trinajstić information content (AvgIpc) is 2.88. The first-order valence-corrected chi connectivity index (χ1v) is 7.28. The highest BCUT2D eigenvalue weighted by atomic mass is 16.5. The van der Waals surface area contributed by atoms with Crippen molar-refractivity contribution in [2.75, 3.05) is 13.2 Å². The summed E-state index contributed by atoms with van der Waals surface area (Å²) in [4.78, 5) is 21.8. The molecule has 0 spiro atoms. The van der Waals surface area contributed by atoms with Gasteiger partial charge in [-0.2, -0.15) is 0 Å². The number of carbonyl (C=O) groups excluding carboxylic acids is 1. The Morgan fingerprint density at radius 3 is 2.63 bits per heavy atom. The maximum atomic E-state index is 11.5. The molecule has 0 bridgehead atoms. The van der Waals surface area contributed by atoms with Crippen molar-refractivity contribution in [1.29, 1.82) is 0 Å². The normalized spacial score (nSPS) is 18.4. The Labute approximate surface area is 114 Å². The Morgan fingerprint density at radius 1 is 1.16 bits per heavy atom. The van der Waals surface area contributed by atoms with Crippen LogP contribution in [0.15, 0.2) is 0 Å². The maximum absolute atomic E-state index is 11.5. The van der Waals surface area contributed by atoms with E-state index in [0.717, 1.165) is 51.6 Å². The number of hydrogen-bond acceptors (Lipinski definition) is 3. The minimum Gasteiger partial charge on any atom is -0.481 e. The van der Waals surface area contributed by atoms with Crippen LogP contribution in [0.2, 0.25) is 0 Å². The minimum absolute atomic E-state index is 0.0982. The molecule has 0 aromatic carbocycles. The highest BCUT2D eigenvalue weighted by molar-refractivity contribution is 5.75. The minimum atomic E-state index is -0.734. The lowest BCUT2D eigenvalue weighted by Crippen LogP contribution is -2.25. The molecule has 0 aliphatic carbocycles. The van der Waals surface area contributed by atoms with E-state index in [1.165, 1.54) is 0 Å². The molecule has 0 radical (unpaired) electrons. The van der Waals surface area contributed by atoms with E-state index in [1.807, 2.05) is 0 Å². The molecular weight excluding hydrogens is 246 g/mol. The van der Waals surface area contributed by atoms with E-state index >= 15 is 0 Å². The van der Waals surface area contributed by atoms with E-state index in [9.17, 15) is 9.59 Å². The first kappa shape index (κ1) is 16.0. The Balaban J connectivity index is 1.85. The molecule has 1 rings (SSSR count). The Bertz CT molecular complexity index is 275. The van der Waals surface area contributed by atoms with Crippen LogP contribution < -0.4 is 5.32 Å². The molecule has 5 nitrogen and oxygen atoms in total. The number of unbranched alkanes of at least 4 members (excludes halogenated alkanes) is 3. The summed E-state index contributed by atoms with van der Waals surface area (Å²) in [7, 11) is 0. The fraction of sp³-hybridized carbons (Fsp3) is 0.857. The molecule has 1 amide bonds. The second-order valence-corrected chi connectivity index (χ2v) is 5.08. The van der Waals surface area contributed by atoms with Crippen molar-refractivity contribution in [3.63, 3.8) is 0 Å². The number of carbonyl (C=O) groups is 2. The molecular formula is C14H25NO4. The summed E-state index contributed by atoms with van der Waals surface area (Å²) in [6.45, 7) is 1.53. The molecule has 1 unspecified atom stereocenters. The zero-order valence-corrected chi connectivity index (χ0v) is 11.5. The Morgan fingerprint density at radius 2 is 1.95 bits per heavy atom. The van der Waals surface area contributed by atoms with E-state index in [2.05, 4.69) is 5.32 Å². The van der Waals surface area contributed by atoms with Crippen LogP contribution in [-0.4, -0.2) is 36.2 Å². The third-order valence-corrected chi connectivity index (χ3v) is 3.36. The number of carboxylic acids is 1. The van der Waals surface area contributed by atoms with Crippen LogP contribution in [-0.2, 0) is 14.3 Å². The smallest absolute Gasteiger partial charge is 0.303 e. The van der Waals surface area contributed by atoms with Gasteiger partial charge < -0.3 is 15.2 Å². The van der Waals surface area contributed by atoms with Crippen molar-refractivity contribution in [3.8, 4) is 0 Å². The zero-order valence-electron chi connectivity index (χ0n) is 11.5. The summed E-state index contributed by atoms with van der Waals surface area (Å²) in [5.41, 5.74) is 0. The quantitative estimate of drug-likeness (QED) is 0.597. The second-order valence-electron chi connectivity index (χ2n) is 5.08. The highest BCUT2D eigenvalue weighted by Crippen LogP contribution is 2.16. The molecule has 0 saturated carbocycles. The van der Waals surface area contributed by atoms with Gasteiger partial charge in [0.1, 0.15) is 0 Å². The molecule has 19 heavy (non-hydrogen) atoms. The average molecular weight is 271 g/mol. The van der Waals surface area contributed by atoms with Gasteiger partial charge in [0.15, 0.2) is 0 Å². The van der Waals surface area contributed by atoms with Gasteiger partial charge in [-0.25, -0.2) is 0 Å². The molecule has 0 aromatic rings. The van der Waals surface area contributed by atoms with Gasteiger partial charge in [-0.3, -0.25) is 9.59 Å². The standard InChI is InChI=1S/C14H25NO4/c16-13(9-8-12-6-5-11-19-12)15-10-4-2-1-3-7-14(17)18/h12H,1-11H2,(H,15,16)(H,17,18). The lowest BCUT2D eigenvalue weighted by Gasteiger charge is -2.09.